The van der Waals surface area contributed by atoms with Crippen molar-refractivity contribution in [1.82, 2.24) is 14.9 Å². The summed E-state index contributed by atoms with van der Waals surface area (Å²) in [5.41, 5.74) is 1.30. The average Bonchev–Trinajstić information content (AvgIpc) is 2.64. The van der Waals surface area contributed by atoms with Crippen LogP contribution in [0.5, 0.6) is 0 Å². The van der Waals surface area contributed by atoms with Crippen molar-refractivity contribution in [3.05, 3.63) is 53.3 Å². The first-order valence-electron chi connectivity index (χ1n) is 8.46. The topological polar surface area (TPSA) is 50.3 Å². The Kier molecular flexibility index (Phi) is 5.73. The Bertz CT molecular complexity index is 715. The Morgan fingerprint density at radius 3 is 2.50 bits per heavy atom. The smallest absolute Gasteiger partial charge is 0.379 e. The summed E-state index contributed by atoms with van der Waals surface area (Å²) in [5.74, 6) is -0.0230. The largest absolute Gasteiger partial charge is 0.433 e. The molecule has 26 heavy (non-hydrogen) atoms. The molecular weight excluding hydrogens is 345 g/mol. The summed E-state index contributed by atoms with van der Waals surface area (Å²) in [6.07, 6.45) is -3.37. The molecule has 0 aliphatic carbocycles. The highest BCUT2D eigenvalue weighted by molar-refractivity contribution is 5.30. The quantitative estimate of drug-likeness (QED) is 0.880. The van der Waals surface area contributed by atoms with Crippen molar-refractivity contribution >= 4 is 5.95 Å². The van der Waals surface area contributed by atoms with Crippen LogP contribution in [0.4, 0.5) is 19.1 Å². The fraction of sp³-hybridized carbons (Fsp3) is 0.444. The molecule has 1 atom stereocenters. The number of rotatable bonds is 5. The van der Waals surface area contributed by atoms with E-state index >= 15 is 0 Å². The molecule has 1 aliphatic heterocycles. The molecule has 8 heteroatoms. The van der Waals surface area contributed by atoms with Gasteiger partial charge in [0.15, 0.2) is 0 Å². The van der Waals surface area contributed by atoms with Crippen LogP contribution in [0.2, 0.25) is 0 Å². The van der Waals surface area contributed by atoms with Gasteiger partial charge < -0.3 is 10.1 Å². The van der Waals surface area contributed by atoms with Gasteiger partial charge in [-0.25, -0.2) is 9.97 Å². The van der Waals surface area contributed by atoms with E-state index < -0.39 is 11.9 Å². The highest BCUT2D eigenvalue weighted by atomic mass is 19.4. The third kappa shape index (κ3) is 4.70. The Labute approximate surface area is 150 Å². The van der Waals surface area contributed by atoms with Crippen molar-refractivity contribution in [1.29, 1.82) is 0 Å². The molecule has 2 heterocycles. The summed E-state index contributed by atoms with van der Waals surface area (Å²) in [4.78, 5) is 9.75. The predicted octanol–water partition coefficient (Wildman–Crippen LogP) is 3.29. The monoisotopic (exact) mass is 366 g/mol. The van der Waals surface area contributed by atoms with E-state index in [-0.39, 0.29) is 12.0 Å². The number of anilines is 1. The molecule has 0 bridgehead atoms. The molecule has 1 unspecified atom stereocenters. The van der Waals surface area contributed by atoms with Crippen molar-refractivity contribution in [2.45, 2.75) is 19.1 Å². The first kappa shape index (κ1) is 18.6. The molecule has 1 aromatic heterocycles. The van der Waals surface area contributed by atoms with Crippen LogP contribution in [0.15, 0.2) is 36.5 Å². The third-order valence-electron chi connectivity index (χ3n) is 4.35. The van der Waals surface area contributed by atoms with Crippen LogP contribution in [0.3, 0.4) is 0 Å². The zero-order chi connectivity index (χ0) is 18.6. The summed E-state index contributed by atoms with van der Waals surface area (Å²) in [6.45, 7) is 5.24. The fourth-order valence-electron chi connectivity index (χ4n) is 2.93. The van der Waals surface area contributed by atoms with E-state index in [1.54, 1.807) is 0 Å². The third-order valence-corrected chi connectivity index (χ3v) is 4.35. The number of nitrogens with one attached hydrogen (secondary N) is 1. The maximum atomic E-state index is 12.8. The zero-order valence-corrected chi connectivity index (χ0v) is 14.5. The van der Waals surface area contributed by atoms with E-state index in [0.29, 0.717) is 19.8 Å². The number of halogens is 3. The predicted molar refractivity (Wildman–Crippen MR) is 91.8 cm³/mol. The van der Waals surface area contributed by atoms with Crippen LogP contribution < -0.4 is 5.32 Å². The molecule has 0 spiro atoms. The minimum absolute atomic E-state index is 0.00218. The van der Waals surface area contributed by atoms with Crippen LogP contribution >= 0.6 is 0 Å². The molecule has 0 saturated carbocycles. The number of alkyl halides is 3. The number of benzene rings is 1. The van der Waals surface area contributed by atoms with E-state index in [1.807, 2.05) is 31.2 Å². The van der Waals surface area contributed by atoms with Crippen molar-refractivity contribution < 1.29 is 17.9 Å². The van der Waals surface area contributed by atoms with Crippen LogP contribution in [0, 0.1) is 6.92 Å². The van der Waals surface area contributed by atoms with Gasteiger partial charge in [0.25, 0.3) is 0 Å². The second-order valence-electron chi connectivity index (χ2n) is 6.22. The van der Waals surface area contributed by atoms with Gasteiger partial charge in [-0.15, -0.1) is 0 Å². The van der Waals surface area contributed by atoms with Crippen LogP contribution in [-0.4, -0.2) is 47.7 Å². The van der Waals surface area contributed by atoms with Crippen molar-refractivity contribution in [2.24, 2.45) is 0 Å². The Morgan fingerprint density at radius 1 is 1.15 bits per heavy atom. The molecule has 1 aromatic carbocycles. The molecule has 1 N–H and O–H groups in total. The lowest BCUT2D eigenvalue weighted by Crippen LogP contribution is -2.41. The minimum atomic E-state index is -4.49. The van der Waals surface area contributed by atoms with E-state index in [0.717, 1.165) is 36.5 Å². The lowest BCUT2D eigenvalue weighted by Gasteiger charge is -2.35. The number of ether oxygens (including phenoxy) is 1. The van der Waals surface area contributed by atoms with E-state index in [1.165, 1.54) is 0 Å². The molecule has 1 fully saturated rings. The van der Waals surface area contributed by atoms with Crippen LogP contribution in [0.25, 0.3) is 0 Å². The first-order chi connectivity index (χ1) is 12.4. The Hall–Kier alpha value is -2.19. The summed E-state index contributed by atoms with van der Waals surface area (Å²) in [6, 6.07) is 9.02. The second kappa shape index (κ2) is 8.01. The number of aryl methyl sites for hydroxylation is 1. The number of hydrogen-bond acceptors (Lipinski definition) is 5. The van der Waals surface area contributed by atoms with E-state index in [9.17, 15) is 13.2 Å². The van der Waals surface area contributed by atoms with Gasteiger partial charge in [0.2, 0.25) is 5.95 Å². The molecule has 140 valence electrons. The normalized spacial score (nSPS) is 17.1. The highest BCUT2D eigenvalue weighted by Gasteiger charge is 2.33. The molecule has 5 nitrogen and oxygen atoms in total. The van der Waals surface area contributed by atoms with Crippen molar-refractivity contribution in [3.8, 4) is 0 Å². The van der Waals surface area contributed by atoms with Gasteiger partial charge in [-0.2, -0.15) is 13.2 Å². The summed E-state index contributed by atoms with van der Waals surface area (Å²) < 4.78 is 43.9. The highest BCUT2D eigenvalue weighted by Crippen LogP contribution is 2.28. The first-order valence-corrected chi connectivity index (χ1v) is 8.46. The van der Waals surface area contributed by atoms with Gasteiger partial charge in [-0.05, 0) is 18.6 Å². The van der Waals surface area contributed by atoms with Crippen LogP contribution in [0.1, 0.15) is 22.9 Å². The molecule has 3 rings (SSSR count). The van der Waals surface area contributed by atoms with Gasteiger partial charge in [0, 0.05) is 25.8 Å². The molecular formula is C18H21F3N4O. The van der Waals surface area contributed by atoms with Crippen LogP contribution in [-0.2, 0) is 10.9 Å². The summed E-state index contributed by atoms with van der Waals surface area (Å²) in [5, 5.41) is 2.96. The number of nitrogens with zero attached hydrogens (tertiary/aromatic N) is 3. The average molecular weight is 366 g/mol. The summed E-state index contributed by atoms with van der Waals surface area (Å²) >= 11 is 0. The standard InChI is InChI=1S/C18H21F3N4O/c1-13-2-4-14(5-3-13)15(25-8-10-26-11-9-25)12-23-17-22-7-6-16(24-17)18(19,20)21/h2-7,15H,8-12H2,1H3,(H,22,23,24). The van der Waals surface area contributed by atoms with Crippen molar-refractivity contribution in [2.75, 3.05) is 38.2 Å². The van der Waals surface area contributed by atoms with Gasteiger partial charge >= 0.3 is 6.18 Å². The minimum Gasteiger partial charge on any atom is -0.379 e. The maximum Gasteiger partial charge on any atom is 0.433 e. The number of aromatic nitrogens is 2. The Balaban J connectivity index is 1.76. The van der Waals surface area contributed by atoms with Gasteiger partial charge in [-0.1, -0.05) is 29.8 Å². The van der Waals surface area contributed by atoms with Gasteiger partial charge in [-0.3, -0.25) is 4.90 Å². The Morgan fingerprint density at radius 2 is 1.85 bits per heavy atom. The van der Waals surface area contributed by atoms with E-state index in [4.69, 9.17) is 4.74 Å². The molecule has 0 radical (unpaired) electrons. The SMILES string of the molecule is Cc1ccc(C(CNc2nccc(C(F)(F)F)n2)N2CCOCC2)cc1. The van der Waals surface area contributed by atoms with Gasteiger partial charge in [0.05, 0.1) is 19.3 Å². The number of hydrogen-bond donors (Lipinski definition) is 1. The fourth-order valence-corrected chi connectivity index (χ4v) is 2.93. The maximum absolute atomic E-state index is 12.8. The number of morpholine rings is 1. The molecule has 0 amide bonds. The second-order valence-corrected chi connectivity index (χ2v) is 6.22. The summed E-state index contributed by atoms with van der Waals surface area (Å²) in [7, 11) is 0. The lowest BCUT2D eigenvalue weighted by atomic mass is 10.0. The molecule has 2 aromatic rings. The molecule has 1 aliphatic rings. The zero-order valence-electron chi connectivity index (χ0n) is 14.5. The van der Waals surface area contributed by atoms with E-state index in [2.05, 4.69) is 20.2 Å². The van der Waals surface area contributed by atoms with Gasteiger partial charge in [0.1, 0.15) is 5.69 Å². The lowest BCUT2D eigenvalue weighted by molar-refractivity contribution is -0.141. The molecule has 1 saturated heterocycles. The van der Waals surface area contributed by atoms with Crippen molar-refractivity contribution in [3.63, 3.8) is 0 Å².